The van der Waals surface area contributed by atoms with Crippen LogP contribution in [0.5, 0.6) is 5.75 Å². The van der Waals surface area contributed by atoms with E-state index < -0.39 is 11.2 Å². The molecule has 176 valence electrons. The van der Waals surface area contributed by atoms with Crippen molar-refractivity contribution in [1.29, 1.82) is 5.26 Å². The summed E-state index contributed by atoms with van der Waals surface area (Å²) in [6.07, 6.45) is 0. The van der Waals surface area contributed by atoms with Crippen molar-refractivity contribution in [3.63, 3.8) is 0 Å². The lowest BCUT2D eigenvalue weighted by atomic mass is 10.2. The molecule has 0 spiro atoms. The van der Waals surface area contributed by atoms with Crippen LogP contribution in [-0.4, -0.2) is 22.7 Å². The number of aromatic nitrogens is 2. The van der Waals surface area contributed by atoms with Crippen molar-refractivity contribution < 1.29 is 4.74 Å². The summed E-state index contributed by atoms with van der Waals surface area (Å²) < 4.78 is 7.22. The zero-order valence-electron chi connectivity index (χ0n) is 19.1. The Labute approximate surface area is 202 Å². The second-order valence-electron chi connectivity index (χ2n) is 7.96. The molecule has 3 aromatic carbocycles. The van der Waals surface area contributed by atoms with Crippen LogP contribution in [0.15, 0.2) is 94.5 Å². The Hall–Kier alpha value is -4.77. The zero-order valence-corrected chi connectivity index (χ0v) is 19.1. The standard InChI is InChI=1S/C27H25N5O3/c28-17-20-11-13-23(14-12-20)35-16-15-31(18-21-7-3-1-4-8-21)24-25(29)32(27(34)30-26(24)33)19-22-9-5-2-6-10-22/h1-14H,15-16,18-19,29H2,(H,30,33,34). The maximum atomic E-state index is 12.9. The molecule has 35 heavy (non-hydrogen) atoms. The van der Waals surface area contributed by atoms with E-state index in [1.54, 1.807) is 24.3 Å². The molecule has 0 aliphatic carbocycles. The van der Waals surface area contributed by atoms with Crippen LogP contribution < -0.4 is 26.6 Å². The Morgan fingerprint density at radius 3 is 2.17 bits per heavy atom. The van der Waals surface area contributed by atoms with Gasteiger partial charge in [0, 0.05) is 6.54 Å². The number of nitrogens with zero attached hydrogens (tertiary/aromatic N) is 3. The predicted octanol–water partition coefficient (Wildman–Crippen LogP) is 3.12. The summed E-state index contributed by atoms with van der Waals surface area (Å²) in [5, 5.41) is 8.96. The molecule has 0 saturated heterocycles. The van der Waals surface area contributed by atoms with Gasteiger partial charge in [0.05, 0.1) is 24.7 Å². The van der Waals surface area contributed by atoms with Gasteiger partial charge in [-0.2, -0.15) is 5.26 Å². The first-order valence-corrected chi connectivity index (χ1v) is 11.1. The van der Waals surface area contributed by atoms with Crippen LogP contribution >= 0.6 is 0 Å². The van der Waals surface area contributed by atoms with Crippen molar-refractivity contribution in [2.75, 3.05) is 23.8 Å². The predicted molar refractivity (Wildman–Crippen MR) is 135 cm³/mol. The molecule has 0 atom stereocenters. The van der Waals surface area contributed by atoms with Gasteiger partial charge in [0.25, 0.3) is 5.56 Å². The number of hydrogen-bond donors (Lipinski definition) is 2. The van der Waals surface area contributed by atoms with Gasteiger partial charge < -0.3 is 15.4 Å². The molecular weight excluding hydrogens is 442 g/mol. The van der Waals surface area contributed by atoms with E-state index in [2.05, 4.69) is 11.1 Å². The number of aromatic amines is 1. The molecule has 0 bridgehead atoms. The molecule has 0 amide bonds. The topological polar surface area (TPSA) is 117 Å². The fourth-order valence-electron chi connectivity index (χ4n) is 3.78. The number of nitrogens with two attached hydrogens (primary N) is 1. The van der Waals surface area contributed by atoms with Crippen LogP contribution in [0.1, 0.15) is 16.7 Å². The lowest BCUT2D eigenvalue weighted by Crippen LogP contribution is -2.39. The van der Waals surface area contributed by atoms with Crippen molar-refractivity contribution in [2.24, 2.45) is 0 Å². The minimum Gasteiger partial charge on any atom is -0.492 e. The van der Waals surface area contributed by atoms with E-state index in [0.717, 1.165) is 11.1 Å². The van der Waals surface area contributed by atoms with Crippen LogP contribution in [0, 0.1) is 11.3 Å². The van der Waals surface area contributed by atoms with Crippen molar-refractivity contribution in [1.82, 2.24) is 9.55 Å². The average Bonchev–Trinajstić information content (AvgIpc) is 2.88. The van der Waals surface area contributed by atoms with Crippen molar-refractivity contribution in [2.45, 2.75) is 13.1 Å². The number of H-pyrrole nitrogens is 1. The summed E-state index contributed by atoms with van der Waals surface area (Å²) in [4.78, 5) is 29.8. The smallest absolute Gasteiger partial charge is 0.330 e. The van der Waals surface area contributed by atoms with E-state index in [1.165, 1.54) is 4.57 Å². The summed E-state index contributed by atoms with van der Waals surface area (Å²) >= 11 is 0. The maximum Gasteiger partial charge on any atom is 0.330 e. The van der Waals surface area contributed by atoms with E-state index in [-0.39, 0.29) is 24.7 Å². The molecule has 4 rings (SSSR count). The van der Waals surface area contributed by atoms with E-state index in [1.807, 2.05) is 65.6 Å². The van der Waals surface area contributed by atoms with Gasteiger partial charge in [-0.1, -0.05) is 60.7 Å². The van der Waals surface area contributed by atoms with Gasteiger partial charge in [-0.05, 0) is 35.4 Å². The Balaban J connectivity index is 1.63. The number of nitriles is 1. The highest BCUT2D eigenvalue weighted by atomic mass is 16.5. The van der Waals surface area contributed by atoms with Crippen LogP contribution in [0.2, 0.25) is 0 Å². The number of hydrogen-bond acceptors (Lipinski definition) is 6. The van der Waals surface area contributed by atoms with Crippen LogP contribution in [-0.2, 0) is 13.1 Å². The summed E-state index contributed by atoms with van der Waals surface area (Å²) in [6.45, 7) is 1.23. The molecule has 0 saturated carbocycles. The summed E-state index contributed by atoms with van der Waals surface area (Å²) in [5.74, 6) is 0.705. The highest BCUT2D eigenvalue weighted by Crippen LogP contribution is 2.20. The average molecular weight is 468 g/mol. The number of nitrogens with one attached hydrogen (secondary N) is 1. The van der Waals surface area contributed by atoms with Gasteiger partial charge in [-0.25, -0.2) is 4.79 Å². The second kappa shape index (κ2) is 10.9. The Morgan fingerprint density at radius 2 is 1.54 bits per heavy atom. The van der Waals surface area contributed by atoms with E-state index in [4.69, 9.17) is 15.7 Å². The molecule has 3 N–H and O–H groups in total. The minimum absolute atomic E-state index is 0.0944. The zero-order chi connectivity index (χ0) is 24.6. The van der Waals surface area contributed by atoms with Gasteiger partial charge in [0.2, 0.25) is 0 Å². The van der Waals surface area contributed by atoms with Crippen LogP contribution in [0.25, 0.3) is 0 Å². The fraction of sp³-hybridized carbons (Fsp3) is 0.148. The monoisotopic (exact) mass is 467 g/mol. The largest absolute Gasteiger partial charge is 0.492 e. The first-order chi connectivity index (χ1) is 17.0. The van der Waals surface area contributed by atoms with Crippen molar-refractivity contribution in [3.05, 3.63) is 122 Å². The normalized spacial score (nSPS) is 10.5. The molecule has 8 heteroatoms. The summed E-state index contributed by atoms with van der Waals surface area (Å²) in [5.41, 5.74) is 7.95. The number of ether oxygens (including phenoxy) is 1. The minimum atomic E-state index is -0.561. The Kier molecular flexibility index (Phi) is 7.28. The molecule has 8 nitrogen and oxygen atoms in total. The molecule has 0 aliphatic rings. The summed E-state index contributed by atoms with van der Waals surface area (Å²) in [7, 11) is 0. The van der Waals surface area contributed by atoms with E-state index >= 15 is 0 Å². The lowest BCUT2D eigenvalue weighted by molar-refractivity contribution is 0.323. The fourth-order valence-corrected chi connectivity index (χ4v) is 3.78. The first kappa shape index (κ1) is 23.4. The summed E-state index contributed by atoms with van der Waals surface area (Å²) in [6, 6.07) is 28.0. The second-order valence-corrected chi connectivity index (χ2v) is 7.96. The highest BCUT2D eigenvalue weighted by molar-refractivity contribution is 5.62. The molecule has 0 aliphatic heterocycles. The molecule has 0 fully saturated rings. The lowest BCUT2D eigenvalue weighted by Gasteiger charge is -2.26. The Bertz CT molecular complexity index is 1420. The van der Waals surface area contributed by atoms with Crippen molar-refractivity contribution >= 4 is 11.5 Å². The van der Waals surface area contributed by atoms with E-state index in [0.29, 0.717) is 24.4 Å². The quantitative estimate of drug-likeness (QED) is 0.391. The van der Waals surface area contributed by atoms with Crippen LogP contribution in [0.4, 0.5) is 11.5 Å². The van der Waals surface area contributed by atoms with Gasteiger partial charge in [0.15, 0.2) is 0 Å². The van der Waals surface area contributed by atoms with E-state index in [9.17, 15) is 9.59 Å². The molecular formula is C27H25N5O3. The molecule has 0 unspecified atom stereocenters. The number of rotatable bonds is 9. The maximum absolute atomic E-state index is 12.9. The molecule has 1 aromatic heterocycles. The van der Waals surface area contributed by atoms with Gasteiger partial charge >= 0.3 is 5.69 Å². The number of nitrogen functional groups attached to an aromatic ring is 1. The van der Waals surface area contributed by atoms with Crippen LogP contribution in [0.3, 0.4) is 0 Å². The highest BCUT2D eigenvalue weighted by Gasteiger charge is 2.19. The third kappa shape index (κ3) is 5.78. The van der Waals surface area contributed by atoms with Gasteiger partial charge in [-0.15, -0.1) is 0 Å². The van der Waals surface area contributed by atoms with Gasteiger partial charge in [-0.3, -0.25) is 14.3 Å². The Morgan fingerprint density at radius 1 is 0.914 bits per heavy atom. The van der Waals surface area contributed by atoms with Crippen molar-refractivity contribution in [3.8, 4) is 11.8 Å². The SMILES string of the molecule is N#Cc1ccc(OCCN(Cc2ccccc2)c2c(N)n(Cc3ccccc3)c(=O)[nH]c2=O)cc1. The molecule has 4 aromatic rings. The third-order valence-corrected chi connectivity index (χ3v) is 5.54. The molecule has 0 radical (unpaired) electrons. The number of benzene rings is 3. The molecule has 1 heterocycles. The number of anilines is 2. The first-order valence-electron chi connectivity index (χ1n) is 11.1. The third-order valence-electron chi connectivity index (χ3n) is 5.54. The van der Waals surface area contributed by atoms with Gasteiger partial charge in [0.1, 0.15) is 23.9 Å².